The minimum atomic E-state index is -0.242. The Kier molecular flexibility index (Phi) is 5.15. The molecule has 0 fully saturated rings. The van der Waals surface area contributed by atoms with Crippen molar-refractivity contribution in [1.82, 2.24) is 5.32 Å². The molecule has 126 valence electrons. The minimum absolute atomic E-state index is 0.242. The first kappa shape index (κ1) is 16.1. The highest BCUT2D eigenvalue weighted by molar-refractivity contribution is 5.93. The summed E-state index contributed by atoms with van der Waals surface area (Å²) in [6, 6.07) is 12.1. The molecule has 0 atom stereocenters. The zero-order chi connectivity index (χ0) is 16.8. The highest BCUT2D eigenvalue weighted by Crippen LogP contribution is 2.32. The molecule has 0 saturated heterocycles. The van der Waals surface area contributed by atoms with Gasteiger partial charge in [-0.1, -0.05) is 12.1 Å². The molecule has 24 heavy (non-hydrogen) atoms. The molecule has 5 nitrogen and oxygen atoms in total. The lowest BCUT2D eigenvalue weighted by atomic mass is 10.2. The van der Waals surface area contributed by atoms with E-state index in [1.54, 1.807) is 19.2 Å². The minimum Gasteiger partial charge on any atom is -0.490 e. The van der Waals surface area contributed by atoms with Crippen LogP contribution in [-0.2, 0) is 6.54 Å². The second-order valence-electron chi connectivity index (χ2n) is 5.39. The van der Waals surface area contributed by atoms with Gasteiger partial charge in [0.1, 0.15) is 5.82 Å². The number of ether oxygens (including phenoxy) is 2. The normalized spacial score (nSPS) is 14.0. The number of guanidine groups is 1. The van der Waals surface area contributed by atoms with E-state index in [2.05, 4.69) is 15.6 Å². The molecule has 2 N–H and O–H groups in total. The fourth-order valence-electron chi connectivity index (χ4n) is 2.34. The summed E-state index contributed by atoms with van der Waals surface area (Å²) in [5, 5.41) is 6.40. The van der Waals surface area contributed by atoms with Crippen LogP contribution in [0.1, 0.15) is 12.0 Å². The van der Waals surface area contributed by atoms with Gasteiger partial charge in [-0.3, -0.25) is 4.99 Å². The van der Waals surface area contributed by atoms with Crippen molar-refractivity contribution in [2.45, 2.75) is 13.0 Å². The number of fused-ring (bicyclic) bond motifs is 1. The molecule has 1 aliphatic heterocycles. The van der Waals surface area contributed by atoms with Crippen molar-refractivity contribution in [3.05, 3.63) is 53.8 Å². The molecule has 0 bridgehead atoms. The van der Waals surface area contributed by atoms with E-state index in [0.717, 1.165) is 29.2 Å². The van der Waals surface area contributed by atoms with Crippen LogP contribution in [0.5, 0.6) is 11.5 Å². The van der Waals surface area contributed by atoms with Crippen LogP contribution >= 0.6 is 0 Å². The molecule has 1 aliphatic rings. The van der Waals surface area contributed by atoms with E-state index in [1.165, 1.54) is 12.1 Å². The molecule has 2 aromatic rings. The van der Waals surface area contributed by atoms with Crippen LogP contribution in [0.4, 0.5) is 10.1 Å². The molecule has 0 radical (unpaired) electrons. The van der Waals surface area contributed by atoms with E-state index in [9.17, 15) is 4.39 Å². The Labute approximate surface area is 140 Å². The first-order chi connectivity index (χ1) is 11.7. The standard InChI is InChI=1S/C18H20FN3O2/c1-20-18(21-12-13-3-5-14(19)6-4-13)22-15-7-8-16-17(11-15)24-10-2-9-23-16/h3-8,11H,2,9-10,12H2,1H3,(H2,20,21,22). The average Bonchev–Trinajstić information content (AvgIpc) is 2.85. The Balaban J connectivity index is 1.63. The van der Waals surface area contributed by atoms with Gasteiger partial charge in [-0.05, 0) is 29.8 Å². The highest BCUT2D eigenvalue weighted by Gasteiger charge is 2.11. The third kappa shape index (κ3) is 4.16. The Morgan fingerprint density at radius 2 is 1.83 bits per heavy atom. The summed E-state index contributed by atoms with van der Waals surface area (Å²) >= 11 is 0. The van der Waals surface area contributed by atoms with E-state index in [4.69, 9.17) is 9.47 Å². The van der Waals surface area contributed by atoms with Crippen molar-refractivity contribution in [1.29, 1.82) is 0 Å². The van der Waals surface area contributed by atoms with Gasteiger partial charge < -0.3 is 20.1 Å². The van der Waals surface area contributed by atoms with Crippen molar-refractivity contribution >= 4 is 11.6 Å². The monoisotopic (exact) mass is 329 g/mol. The molecule has 1 heterocycles. The number of hydrogen-bond donors (Lipinski definition) is 2. The van der Waals surface area contributed by atoms with E-state index in [1.807, 2.05) is 18.2 Å². The number of aliphatic imine (C=N–C) groups is 1. The zero-order valence-electron chi connectivity index (χ0n) is 13.5. The van der Waals surface area contributed by atoms with Crippen LogP contribution in [0.3, 0.4) is 0 Å². The number of nitrogens with zero attached hydrogens (tertiary/aromatic N) is 1. The number of nitrogens with one attached hydrogen (secondary N) is 2. The number of benzene rings is 2. The van der Waals surface area contributed by atoms with Gasteiger partial charge in [0.05, 0.1) is 13.2 Å². The van der Waals surface area contributed by atoms with E-state index in [0.29, 0.717) is 25.7 Å². The van der Waals surface area contributed by atoms with Gasteiger partial charge >= 0.3 is 0 Å². The second kappa shape index (κ2) is 7.68. The van der Waals surface area contributed by atoms with Crippen LogP contribution in [0.25, 0.3) is 0 Å². The molecular weight excluding hydrogens is 309 g/mol. The summed E-state index contributed by atoms with van der Waals surface area (Å²) < 4.78 is 24.2. The SMILES string of the molecule is CN=C(NCc1ccc(F)cc1)Nc1ccc2c(c1)OCCCO2. The average molecular weight is 329 g/mol. The maximum Gasteiger partial charge on any atom is 0.195 e. The third-order valence-electron chi connectivity index (χ3n) is 3.61. The molecule has 0 saturated carbocycles. The van der Waals surface area contributed by atoms with Crippen molar-refractivity contribution < 1.29 is 13.9 Å². The Hall–Kier alpha value is -2.76. The zero-order valence-corrected chi connectivity index (χ0v) is 13.5. The summed E-state index contributed by atoms with van der Waals surface area (Å²) in [4.78, 5) is 4.19. The van der Waals surface area contributed by atoms with Gasteiger partial charge in [-0.2, -0.15) is 0 Å². The predicted molar refractivity (Wildman–Crippen MR) is 92.3 cm³/mol. The lowest BCUT2D eigenvalue weighted by Crippen LogP contribution is -2.30. The second-order valence-corrected chi connectivity index (χ2v) is 5.39. The fraction of sp³-hybridized carbons (Fsp3) is 0.278. The number of halogens is 1. The molecule has 3 rings (SSSR count). The maximum atomic E-state index is 12.9. The summed E-state index contributed by atoms with van der Waals surface area (Å²) in [6.07, 6.45) is 0.873. The lowest BCUT2D eigenvalue weighted by Gasteiger charge is -2.14. The first-order valence-electron chi connectivity index (χ1n) is 7.86. The molecule has 6 heteroatoms. The number of anilines is 1. The summed E-state index contributed by atoms with van der Waals surface area (Å²) in [6.45, 7) is 1.86. The van der Waals surface area contributed by atoms with E-state index < -0.39 is 0 Å². The van der Waals surface area contributed by atoms with Crippen LogP contribution in [0, 0.1) is 5.82 Å². The molecule has 0 amide bonds. The van der Waals surface area contributed by atoms with Crippen molar-refractivity contribution in [2.24, 2.45) is 4.99 Å². The summed E-state index contributed by atoms with van der Waals surface area (Å²) in [7, 11) is 1.70. The fourth-order valence-corrected chi connectivity index (χ4v) is 2.34. The molecule has 2 aromatic carbocycles. The van der Waals surface area contributed by atoms with Gasteiger partial charge in [0.25, 0.3) is 0 Å². The topological polar surface area (TPSA) is 54.9 Å². The van der Waals surface area contributed by atoms with Crippen molar-refractivity contribution in [2.75, 3.05) is 25.6 Å². The number of rotatable bonds is 3. The van der Waals surface area contributed by atoms with Gasteiger partial charge in [-0.25, -0.2) is 4.39 Å². The Morgan fingerprint density at radius 3 is 2.58 bits per heavy atom. The Bertz CT molecular complexity index is 717. The molecule has 0 spiro atoms. The lowest BCUT2D eigenvalue weighted by molar-refractivity contribution is 0.297. The molecule has 0 unspecified atom stereocenters. The van der Waals surface area contributed by atoms with Crippen LogP contribution < -0.4 is 20.1 Å². The van der Waals surface area contributed by atoms with Gasteiger partial charge in [0.2, 0.25) is 0 Å². The smallest absolute Gasteiger partial charge is 0.195 e. The van der Waals surface area contributed by atoms with E-state index >= 15 is 0 Å². The highest BCUT2D eigenvalue weighted by atomic mass is 19.1. The quantitative estimate of drug-likeness (QED) is 0.671. The van der Waals surface area contributed by atoms with Crippen LogP contribution in [-0.4, -0.2) is 26.2 Å². The summed E-state index contributed by atoms with van der Waals surface area (Å²) in [5.41, 5.74) is 1.82. The Morgan fingerprint density at radius 1 is 1.08 bits per heavy atom. The van der Waals surface area contributed by atoms with Gasteiger partial charge in [0.15, 0.2) is 17.5 Å². The van der Waals surface area contributed by atoms with Crippen molar-refractivity contribution in [3.63, 3.8) is 0 Å². The maximum absolute atomic E-state index is 12.9. The van der Waals surface area contributed by atoms with Gasteiger partial charge in [-0.15, -0.1) is 0 Å². The predicted octanol–water partition coefficient (Wildman–Crippen LogP) is 3.17. The summed E-state index contributed by atoms with van der Waals surface area (Å²) in [5.74, 6) is 1.86. The number of hydrogen-bond acceptors (Lipinski definition) is 3. The molecular formula is C18H20FN3O2. The van der Waals surface area contributed by atoms with Crippen molar-refractivity contribution in [3.8, 4) is 11.5 Å². The van der Waals surface area contributed by atoms with Gasteiger partial charge in [0, 0.05) is 31.8 Å². The van der Waals surface area contributed by atoms with E-state index in [-0.39, 0.29) is 5.82 Å². The molecule has 0 aromatic heterocycles. The molecule has 0 aliphatic carbocycles. The van der Waals surface area contributed by atoms with Crippen LogP contribution in [0.2, 0.25) is 0 Å². The van der Waals surface area contributed by atoms with Crippen LogP contribution in [0.15, 0.2) is 47.5 Å². The first-order valence-corrected chi connectivity index (χ1v) is 7.86. The third-order valence-corrected chi connectivity index (χ3v) is 3.61. The largest absolute Gasteiger partial charge is 0.490 e.